The minimum absolute atomic E-state index is 0.175. The molecule has 2 aromatic heterocycles. The third-order valence-electron chi connectivity index (χ3n) is 2.96. The second-order valence-corrected chi connectivity index (χ2v) is 4.40. The molecule has 3 aromatic rings. The number of hydrogen-bond donors (Lipinski definition) is 2. The van der Waals surface area contributed by atoms with Crippen molar-refractivity contribution in [1.82, 2.24) is 15.2 Å². The molecule has 0 saturated carbocycles. The predicted octanol–water partition coefficient (Wildman–Crippen LogP) is 3.05. The second-order valence-electron chi connectivity index (χ2n) is 4.40. The molecular weight excluding hydrogens is 280 g/mol. The van der Waals surface area contributed by atoms with Gasteiger partial charge < -0.3 is 0 Å². The molecule has 0 aliphatic heterocycles. The first-order chi connectivity index (χ1) is 10.8. The van der Waals surface area contributed by atoms with Gasteiger partial charge in [-0.3, -0.25) is 20.0 Å². The summed E-state index contributed by atoms with van der Waals surface area (Å²) in [5.74, 6) is 0. The fourth-order valence-electron chi connectivity index (χ4n) is 1.92. The molecule has 0 bridgehead atoms. The fraction of sp³-hybridized carbons (Fsp3) is 0. The van der Waals surface area contributed by atoms with E-state index in [4.69, 9.17) is 5.26 Å². The molecule has 2 N–H and O–H groups in total. The number of benzene rings is 1. The van der Waals surface area contributed by atoms with Crippen LogP contribution in [0.5, 0.6) is 0 Å². The van der Waals surface area contributed by atoms with Gasteiger partial charge in [-0.05, 0) is 30.3 Å². The van der Waals surface area contributed by atoms with Crippen LogP contribution in [-0.2, 0) is 0 Å². The number of nitrogens with zero attached hydrogens (tertiary/aromatic N) is 4. The maximum atomic E-state index is 11.8. The van der Waals surface area contributed by atoms with Crippen LogP contribution < -0.4 is 5.56 Å². The van der Waals surface area contributed by atoms with E-state index in [0.29, 0.717) is 16.9 Å². The Morgan fingerprint density at radius 3 is 2.68 bits per heavy atom. The quantitative estimate of drug-likeness (QED) is 0.723. The van der Waals surface area contributed by atoms with Crippen LogP contribution in [0.15, 0.2) is 63.8 Å². The lowest BCUT2D eigenvalue weighted by atomic mass is 10.2. The van der Waals surface area contributed by atoms with Crippen molar-refractivity contribution in [3.63, 3.8) is 0 Å². The molecule has 0 saturated heterocycles. The number of hydrogen-bond acceptors (Lipinski definition) is 5. The van der Waals surface area contributed by atoms with E-state index in [2.05, 4.69) is 25.4 Å². The Balaban J connectivity index is 1.99. The van der Waals surface area contributed by atoms with Crippen molar-refractivity contribution in [1.29, 1.82) is 5.26 Å². The third-order valence-corrected chi connectivity index (χ3v) is 2.96. The molecular formula is C15H10N6O. The van der Waals surface area contributed by atoms with Crippen LogP contribution in [0.4, 0.5) is 11.4 Å². The number of aromatic nitrogens is 3. The highest BCUT2D eigenvalue weighted by Gasteiger charge is 2.11. The Hall–Kier alpha value is -3.53. The van der Waals surface area contributed by atoms with Crippen LogP contribution >= 0.6 is 0 Å². The molecule has 0 atom stereocenters. The molecule has 1 aromatic carbocycles. The lowest BCUT2D eigenvalue weighted by Crippen LogP contribution is -1.96. The molecule has 0 unspecified atom stereocenters. The van der Waals surface area contributed by atoms with Gasteiger partial charge in [-0.25, -0.2) is 0 Å². The fourth-order valence-corrected chi connectivity index (χ4v) is 1.92. The Morgan fingerprint density at radius 2 is 1.91 bits per heavy atom. The van der Waals surface area contributed by atoms with Gasteiger partial charge in [0.25, 0.3) is 5.56 Å². The highest BCUT2D eigenvalue weighted by molar-refractivity contribution is 5.70. The summed E-state index contributed by atoms with van der Waals surface area (Å²) < 4.78 is 0. The Bertz CT molecular complexity index is 917. The molecule has 0 radical (unpaired) electrons. The van der Waals surface area contributed by atoms with Crippen molar-refractivity contribution in [3.05, 3.63) is 64.7 Å². The van der Waals surface area contributed by atoms with E-state index in [-0.39, 0.29) is 11.2 Å². The number of nitriles is 1. The second kappa shape index (κ2) is 5.85. The van der Waals surface area contributed by atoms with Crippen molar-refractivity contribution in [2.24, 2.45) is 10.2 Å². The average Bonchev–Trinajstić information content (AvgIpc) is 2.95. The summed E-state index contributed by atoms with van der Waals surface area (Å²) in [6.07, 6.45) is 3.25. The standard InChI is InChI=1S/C15H10N6O/c16-9-10-2-1-3-12(8-10)18-20-14-13(19-21-15(14)22)11-4-6-17-7-5-11/h1-8H,(H2,19,21,22). The highest BCUT2D eigenvalue weighted by Crippen LogP contribution is 2.26. The van der Waals surface area contributed by atoms with Crippen molar-refractivity contribution in [2.45, 2.75) is 0 Å². The number of pyridine rings is 1. The largest absolute Gasteiger partial charge is 0.295 e. The van der Waals surface area contributed by atoms with Gasteiger partial charge >= 0.3 is 0 Å². The molecule has 7 nitrogen and oxygen atoms in total. The number of aromatic amines is 2. The lowest BCUT2D eigenvalue weighted by Gasteiger charge is -1.97. The van der Waals surface area contributed by atoms with E-state index in [1.54, 1.807) is 48.8 Å². The van der Waals surface area contributed by atoms with Crippen LogP contribution in [0.25, 0.3) is 11.3 Å². The van der Waals surface area contributed by atoms with Gasteiger partial charge in [-0.2, -0.15) is 10.4 Å². The summed E-state index contributed by atoms with van der Waals surface area (Å²) in [5.41, 5.74) is 2.09. The first kappa shape index (κ1) is 13.5. The summed E-state index contributed by atoms with van der Waals surface area (Å²) in [5, 5.41) is 22.2. The van der Waals surface area contributed by atoms with Crippen molar-refractivity contribution in [3.8, 4) is 17.3 Å². The van der Waals surface area contributed by atoms with Gasteiger partial charge in [0.15, 0.2) is 5.69 Å². The van der Waals surface area contributed by atoms with Crippen LogP contribution in [0.1, 0.15) is 5.56 Å². The summed E-state index contributed by atoms with van der Waals surface area (Å²) in [4.78, 5) is 15.8. The van der Waals surface area contributed by atoms with Gasteiger partial charge in [0.2, 0.25) is 0 Å². The first-order valence-electron chi connectivity index (χ1n) is 6.41. The topological polar surface area (TPSA) is 110 Å². The van der Waals surface area contributed by atoms with E-state index >= 15 is 0 Å². The number of azo groups is 1. The number of rotatable bonds is 3. The average molecular weight is 290 g/mol. The van der Waals surface area contributed by atoms with Gasteiger partial charge in [-0.15, -0.1) is 5.11 Å². The van der Waals surface area contributed by atoms with E-state index in [1.807, 2.05) is 6.07 Å². The predicted molar refractivity (Wildman–Crippen MR) is 80.0 cm³/mol. The SMILES string of the molecule is N#Cc1cccc(N=Nc2c(-c3ccncc3)[nH][nH]c2=O)c1. The molecule has 2 heterocycles. The molecule has 3 rings (SSSR count). The molecule has 106 valence electrons. The maximum absolute atomic E-state index is 11.8. The number of H-pyrrole nitrogens is 2. The molecule has 0 fully saturated rings. The molecule has 22 heavy (non-hydrogen) atoms. The molecule has 0 aliphatic rings. The zero-order valence-corrected chi connectivity index (χ0v) is 11.3. The van der Waals surface area contributed by atoms with Crippen molar-refractivity contribution < 1.29 is 0 Å². The van der Waals surface area contributed by atoms with Gasteiger partial charge in [-0.1, -0.05) is 6.07 Å². The normalized spacial score (nSPS) is 10.7. The lowest BCUT2D eigenvalue weighted by molar-refractivity contribution is 1.06. The van der Waals surface area contributed by atoms with E-state index in [1.165, 1.54) is 0 Å². The van der Waals surface area contributed by atoms with E-state index in [9.17, 15) is 4.79 Å². The van der Waals surface area contributed by atoms with Crippen LogP contribution in [0, 0.1) is 11.3 Å². The smallest absolute Gasteiger partial charge is 0.292 e. The molecule has 0 aliphatic carbocycles. The summed E-state index contributed by atoms with van der Waals surface area (Å²) in [6, 6.07) is 12.2. The summed E-state index contributed by atoms with van der Waals surface area (Å²) >= 11 is 0. The Kier molecular flexibility index (Phi) is 3.58. The van der Waals surface area contributed by atoms with Crippen molar-refractivity contribution in [2.75, 3.05) is 0 Å². The molecule has 0 amide bonds. The third kappa shape index (κ3) is 2.66. The van der Waals surface area contributed by atoms with Gasteiger partial charge in [0.1, 0.15) is 0 Å². The monoisotopic (exact) mass is 290 g/mol. The van der Waals surface area contributed by atoms with E-state index < -0.39 is 0 Å². The maximum Gasteiger partial charge on any atom is 0.292 e. The van der Waals surface area contributed by atoms with E-state index in [0.717, 1.165) is 5.56 Å². The zero-order valence-electron chi connectivity index (χ0n) is 11.3. The minimum atomic E-state index is -0.369. The Labute approximate surface area is 125 Å². The number of nitrogens with one attached hydrogen (secondary N) is 2. The van der Waals surface area contributed by atoms with Gasteiger partial charge in [0.05, 0.1) is 23.0 Å². The summed E-state index contributed by atoms with van der Waals surface area (Å²) in [7, 11) is 0. The van der Waals surface area contributed by atoms with Crippen LogP contribution in [0.2, 0.25) is 0 Å². The molecule has 7 heteroatoms. The van der Waals surface area contributed by atoms with Crippen LogP contribution in [0.3, 0.4) is 0 Å². The Morgan fingerprint density at radius 1 is 1.09 bits per heavy atom. The minimum Gasteiger partial charge on any atom is -0.295 e. The van der Waals surface area contributed by atoms with Gasteiger partial charge in [0, 0.05) is 18.0 Å². The summed E-state index contributed by atoms with van der Waals surface area (Å²) in [6.45, 7) is 0. The van der Waals surface area contributed by atoms with Crippen molar-refractivity contribution >= 4 is 11.4 Å². The molecule has 0 spiro atoms. The first-order valence-corrected chi connectivity index (χ1v) is 6.41. The zero-order chi connectivity index (χ0) is 15.4. The highest BCUT2D eigenvalue weighted by atomic mass is 16.1. The van der Waals surface area contributed by atoms with Crippen LogP contribution in [-0.4, -0.2) is 15.2 Å².